The Bertz CT molecular complexity index is 476. The molecule has 1 saturated carbocycles. The standard InChI is InChI=1S/C17H22ClFO/c1-11(2)12-3-5-13(6-4-12)17(20)10-14-9-15(19)7-8-16(14)18/h7-9,11-13H,3-6,10H2,1-2H3. The Hall–Kier alpha value is -0.890. The first-order valence-electron chi connectivity index (χ1n) is 7.44. The van der Waals surface area contributed by atoms with Crippen LogP contribution >= 0.6 is 11.6 Å². The quantitative estimate of drug-likeness (QED) is 0.759. The average Bonchev–Trinajstić information content (AvgIpc) is 2.43. The van der Waals surface area contributed by atoms with Crippen LogP contribution in [0.1, 0.15) is 45.1 Å². The van der Waals surface area contributed by atoms with Crippen LogP contribution in [0.5, 0.6) is 0 Å². The zero-order valence-electron chi connectivity index (χ0n) is 12.2. The average molecular weight is 297 g/mol. The van der Waals surface area contributed by atoms with Crippen molar-refractivity contribution in [3.63, 3.8) is 0 Å². The van der Waals surface area contributed by atoms with Crippen molar-refractivity contribution < 1.29 is 9.18 Å². The minimum absolute atomic E-state index is 0.129. The second-order valence-corrected chi connectivity index (χ2v) is 6.64. The highest BCUT2D eigenvalue weighted by atomic mass is 35.5. The lowest BCUT2D eigenvalue weighted by Crippen LogP contribution is -2.25. The number of rotatable bonds is 4. The van der Waals surface area contributed by atoms with Gasteiger partial charge in [-0.25, -0.2) is 4.39 Å². The Balaban J connectivity index is 1.94. The van der Waals surface area contributed by atoms with Gasteiger partial charge in [-0.3, -0.25) is 4.79 Å². The molecule has 0 saturated heterocycles. The van der Waals surface area contributed by atoms with E-state index in [1.165, 1.54) is 18.2 Å². The molecule has 3 heteroatoms. The van der Waals surface area contributed by atoms with Gasteiger partial charge in [0.15, 0.2) is 0 Å². The third-order valence-corrected chi connectivity index (χ3v) is 4.91. The van der Waals surface area contributed by atoms with Gasteiger partial charge in [0.05, 0.1) is 0 Å². The van der Waals surface area contributed by atoms with Crippen LogP contribution in [0.15, 0.2) is 18.2 Å². The minimum atomic E-state index is -0.333. The number of hydrogen-bond donors (Lipinski definition) is 0. The van der Waals surface area contributed by atoms with Crippen molar-refractivity contribution in [1.29, 1.82) is 0 Å². The molecule has 0 heterocycles. The first kappa shape index (κ1) is 15.5. The van der Waals surface area contributed by atoms with E-state index in [2.05, 4.69) is 13.8 Å². The summed E-state index contributed by atoms with van der Waals surface area (Å²) in [5, 5.41) is 0.482. The summed E-state index contributed by atoms with van der Waals surface area (Å²) in [7, 11) is 0. The third-order valence-electron chi connectivity index (χ3n) is 4.54. The maximum Gasteiger partial charge on any atom is 0.140 e. The first-order chi connectivity index (χ1) is 9.47. The van der Waals surface area contributed by atoms with Crippen LogP contribution in [-0.4, -0.2) is 5.78 Å². The maximum atomic E-state index is 13.2. The molecule has 0 radical (unpaired) electrons. The van der Waals surface area contributed by atoms with Crippen LogP contribution in [-0.2, 0) is 11.2 Å². The van der Waals surface area contributed by atoms with E-state index >= 15 is 0 Å². The first-order valence-corrected chi connectivity index (χ1v) is 7.81. The molecule has 0 spiro atoms. The highest BCUT2D eigenvalue weighted by molar-refractivity contribution is 6.31. The summed E-state index contributed by atoms with van der Waals surface area (Å²) in [5.41, 5.74) is 0.614. The fourth-order valence-corrected chi connectivity index (χ4v) is 3.30. The Morgan fingerprint density at radius 1 is 1.30 bits per heavy atom. The second-order valence-electron chi connectivity index (χ2n) is 6.23. The molecular formula is C17H22ClFO. The van der Waals surface area contributed by atoms with Gasteiger partial charge in [-0.2, -0.15) is 0 Å². The highest BCUT2D eigenvalue weighted by Gasteiger charge is 2.27. The molecule has 0 N–H and O–H groups in total. The van der Waals surface area contributed by atoms with Gasteiger partial charge in [0.2, 0.25) is 0 Å². The van der Waals surface area contributed by atoms with Crippen molar-refractivity contribution in [3.05, 3.63) is 34.6 Å². The molecule has 0 aliphatic heterocycles. The summed E-state index contributed by atoms with van der Waals surface area (Å²) < 4.78 is 13.2. The number of carbonyl (C=O) groups excluding carboxylic acids is 1. The SMILES string of the molecule is CC(C)C1CCC(C(=O)Cc2cc(F)ccc2Cl)CC1. The number of halogens is 2. The van der Waals surface area contributed by atoms with Crippen molar-refractivity contribution in [2.75, 3.05) is 0 Å². The lowest BCUT2D eigenvalue weighted by atomic mass is 9.75. The van der Waals surface area contributed by atoms with E-state index in [1.807, 2.05) is 0 Å². The van der Waals surface area contributed by atoms with Crippen molar-refractivity contribution in [1.82, 2.24) is 0 Å². The Labute approximate surface area is 125 Å². The van der Waals surface area contributed by atoms with Gasteiger partial charge in [0.25, 0.3) is 0 Å². The molecule has 0 amide bonds. The molecule has 0 atom stereocenters. The van der Waals surface area contributed by atoms with Crippen LogP contribution < -0.4 is 0 Å². The number of Topliss-reactive ketones (excluding diaryl/α,β-unsaturated/α-hetero) is 1. The topological polar surface area (TPSA) is 17.1 Å². The van der Waals surface area contributed by atoms with Gasteiger partial charge in [0, 0.05) is 17.4 Å². The molecule has 1 aromatic carbocycles. The fraction of sp³-hybridized carbons (Fsp3) is 0.588. The van der Waals surface area contributed by atoms with Gasteiger partial charge in [0.1, 0.15) is 11.6 Å². The van der Waals surface area contributed by atoms with Crippen LogP contribution in [0, 0.1) is 23.6 Å². The van der Waals surface area contributed by atoms with Crippen molar-refractivity contribution in [2.24, 2.45) is 17.8 Å². The monoisotopic (exact) mass is 296 g/mol. The largest absolute Gasteiger partial charge is 0.299 e. The normalized spacial score (nSPS) is 23.1. The molecule has 2 rings (SSSR count). The zero-order chi connectivity index (χ0) is 14.7. The number of benzene rings is 1. The summed E-state index contributed by atoms with van der Waals surface area (Å²) >= 11 is 6.03. The molecule has 1 aromatic rings. The molecule has 0 aromatic heterocycles. The van der Waals surface area contributed by atoms with Crippen molar-refractivity contribution >= 4 is 17.4 Å². The molecule has 110 valence electrons. The highest BCUT2D eigenvalue weighted by Crippen LogP contribution is 2.34. The molecule has 1 nitrogen and oxygen atoms in total. The van der Waals surface area contributed by atoms with E-state index in [1.54, 1.807) is 0 Å². The predicted octanol–water partition coefficient (Wildman–Crippen LogP) is 5.05. The van der Waals surface area contributed by atoms with Gasteiger partial charge < -0.3 is 0 Å². The number of ketones is 1. The smallest absolute Gasteiger partial charge is 0.140 e. The summed E-state index contributed by atoms with van der Waals surface area (Å²) in [6, 6.07) is 4.22. The Kier molecular flexibility index (Phi) is 5.20. The van der Waals surface area contributed by atoms with Gasteiger partial charge in [-0.15, -0.1) is 0 Å². The van der Waals surface area contributed by atoms with Gasteiger partial charge in [-0.05, 0) is 61.3 Å². The zero-order valence-corrected chi connectivity index (χ0v) is 12.9. The van der Waals surface area contributed by atoms with E-state index in [-0.39, 0.29) is 23.9 Å². The molecule has 0 unspecified atom stereocenters. The summed E-state index contributed by atoms with van der Waals surface area (Å²) in [6.45, 7) is 4.50. The minimum Gasteiger partial charge on any atom is -0.299 e. The summed E-state index contributed by atoms with van der Waals surface area (Å²) in [6.07, 6.45) is 4.45. The Morgan fingerprint density at radius 2 is 1.95 bits per heavy atom. The molecule has 1 fully saturated rings. The van der Waals surface area contributed by atoms with Crippen molar-refractivity contribution in [3.8, 4) is 0 Å². The van der Waals surface area contributed by atoms with E-state index in [9.17, 15) is 9.18 Å². The molecule has 0 bridgehead atoms. The van der Waals surface area contributed by atoms with E-state index in [4.69, 9.17) is 11.6 Å². The van der Waals surface area contributed by atoms with Crippen LogP contribution in [0.4, 0.5) is 4.39 Å². The lowest BCUT2D eigenvalue weighted by molar-refractivity contribution is -0.123. The molecule has 20 heavy (non-hydrogen) atoms. The van der Waals surface area contributed by atoms with E-state index in [0.717, 1.165) is 31.6 Å². The predicted molar refractivity (Wildman–Crippen MR) is 80.4 cm³/mol. The fourth-order valence-electron chi connectivity index (χ4n) is 3.12. The maximum absolute atomic E-state index is 13.2. The Morgan fingerprint density at radius 3 is 2.55 bits per heavy atom. The van der Waals surface area contributed by atoms with Gasteiger partial charge >= 0.3 is 0 Å². The molecule has 1 aliphatic rings. The molecular weight excluding hydrogens is 275 g/mol. The van der Waals surface area contributed by atoms with Crippen LogP contribution in [0.2, 0.25) is 5.02 Å². The number of carbonyl (C=O) groups is 1. The van der Waals surface area contributed by atoms with Crippen molar-refractivity contribution in [2.45, 2.75) is 46.0 Å². The number of hydrogen-bond acceptors (Lipinski definition) is 1. The second kappa shape index (κ2) is 6.71. The lowest BCUT2D eigenvalue weighted by Gasteiger charge is -2.30. The molecule has 1 aliphatic carbocycles. The van der Waals surface area contributed by atoms with E-state index < -0.39 is 0 Å². The van der Waals surface area contributed by atoms with E-state index in [0.29, 0.717) is 16.5 Å². The summed E-state index contributed by atoms with van der Waals surface area (Å²) in [4.78, 5) is 12.3. The van der Waals surface area contributed by atoms with Crippen LogP contribution in [0.3, 0.4) is 0 Å². The third kappa shape index (κ3) is 3.82. The van der Waals surface area contributed by atoms with Gasteiger partial charge in [-0.1, -0.05) is 25.4 Å². The summed E-state index contributed by atoms with van der Waals surface area (Å²) in [5.74, 6) is 1.45. The van der Waals surface area contributed by atoms with Crippen LogP contribution in [0.25, 0.3) is 0 Å².